The highest BCUT2D eigenvalue weighted by atomic mass is 32.1. The number of rotatable bonds is 1. The van der Waals surface area contributed by atoms with E-state index in [4.69, 9.17) is 0 Å². The zero-order chi connectivity index (χ0) is 6.97. The summed E-state index contributed by atoms with van der Waals surface area (Å²) in [6.45, 7) is 2.10. The first kappa shape index (κ1) is 5.92. The molecule has 2 nitrogen and oxygen atoms in total. The summed E-state index contributed by atoms with van der Waals surface area (Å²) in [6, 6.07) is 2.06. The monoisotopic (exact) mass is 152 g/mol. The molecule has 2 aromatic heterocycles. The maximum Gasteiger partial charge on any atom is 0.141 e. The SMILES string of the molecule is CCc1nc2sccc2[nH]1. The van der Waals surface area contributed by atoms with Gasteiger partial charge in [0, 0.05) is 6.42 Å². The van der Waals surface area contributed by atoms with Crippen molar-refractivity contribution in [2.45, 2.75) is 13.3 Å². The molecule has 0 fully saturated rings. The molecule has 2 rings (SSSR count). The Morgan fingerprint density at radius 2 is 2.60 bits per heavy atom. The number of aromatic amines is 1. The highest BCUT2D eigenvalue weighted by molar-refractivity contribution is 7.16. The van der Waals surface area contributed by atoms with E-state index in [1.165, 1.54) is 5.52 Å². The largest absolute Gasteiger partial charge is 0.341 e. The fourth-order valence-electron chi connectivity index (χ4n) is 0.956. The van der Waals surface area contributed by atoms with Gasteiger partial charge in [-0.05, 0) is 11.4 Å². The molecule has 0 aliphatic carbocycles. The Morgan fingerprint density at radius 3 is 3.30 bits per heavy atom. The molecule has 0 saturated heterocycles. The number of thiophene rings is 1. The number of nitrogens with zero attached hydrogens (tertiary/aromatic N) is 1. The van der Waals surface area contributed by atoms with Crippen molar-refractivity contribution in [2.24, 2.45) is 0 Å². The van der Waals surface area contributed by atoms with Crippen molar-refractivity contribution in [1.29, 1.82) is 0 Å². The summed E-state index contributed by atoms with van der Waals surface area (Å²) >= 11 is 1.68. The molecule has 2 aromatic rings. The lowest BCUT2D eigenvalue weighted by Crippen LogP contribution is -1.79. The van der Waals surface area contributed by atoms with Gasteiger partial charge in [0.2, 0.25) is 0 Å². The van der Waals surface area contributed by atoms with Crippen molar-refractivity contribution in [2.75, 3.05) is 0 Å². The van der Waals surface area contributed by atoms with Crippen LogP contribution in [0.25, 0.3) is 10.3 Å². The second-order valence-corrected chi connectivity index (χ2v) is 3.07. The fourth-order valence-corrected chi connectivity index (χ4v) is 1.70. The van der Waals surface area contributed by atoms with Crippen LogP contribution < -0.4 is 0 Å². The lowest BCUT2D eigenvalue weighted by atomic mass is 10.5. The van der Waals surface area contributed by atoms with Crippen LogP contribution in [0.4, 0.5) is 0 Å². The van der Waals surface area contributed by atoms with E-state index < -0.39 is 0 Å². The van der Waals surface area contributed by atoms with Crippen LogP contribution >= 0.6 is 11.3 Å². The molecule has 0 atom stereocenters. The Balaban J connectivity index is 2.67. The van der Waals surface area contributed by atoms with E-state index in [-0.39, 0.29) is 0 Å². The minimum absolute atomic E-state index is 0.987. The van der Waals surface area contributed by atoms with Gasteiger partial charge in [-0.1, -0.05) is 6.92 Å². The van der Waals surface area contributed by atoms with Crippen LogP contribution in [0.1, 0.15) is 12.7 Å². The smallest absolute Gasteiger partial charge is 0.141 e. The van der Waals surface area contributed by atoms with Crippen LogP contribution in [0, 0.1) is 0 Å². The van der Waals surface area contributed by atoms with Gasteiger partial charge >= 0.3 is 0 Å². The van der Waals surface area contributed by atoms with Crippen LogP contribution in [-0.2, 0) is 6.42 Å². The van der Waals surface area contributed by atoms with E-state index in [2.05, 4.69) is 23.0 Å². The molecule has 3 heteroatoms. The highest BCUT2D eigenvalue weighted by Gasteiger charge is 1.99. The molecule has 0 unspecified atom stereocenters. The molecule has 10 heavy (non-hydrogen) atoms. The molecule has 0 amide bonds. The quantitative estimate of drug-likeness (QED) is 0.666. The Kier molecular flexibility index (Phi) is 1.24. The zero-order valence-corrected chi connectivity index (χ0v) is 6.53. The highest BCUT2D eigenvalue weighted by Crippen LogP contribution is 2.17. The molecule has 0 bridgehead atoms. The first-order chi connectivity index (χ1) is 4.90. The molecule has 52 valence electrons. The van der Waals surface area contributed by atoms with Crippen LogP contribution in [0.5, 0.6) is 0 Å². The van der Waals surface area contributed by atoms with Crippen molar-refractivity contribution in [3.05, 3.63) is 17.3 Å². The summed E-state index contributed by atoms with van der Waals surface area (Å²) in [5.74, 6) is 1.09. The molecule has 0 aliphatic heterocycles. The summed E-state index contributed by atoms with van der Waals surface area (Å²) < 4.78 is 0. The van der Waals surface area contributed by atoms with Crippen molar-refractivity contribution in [3.63, 3.8) is 0 Å². The van der Waals surface area contributed by atoms with Crippen molar-refractivity contribution in [3.8, 4) is 0 Å². The number of hydrogen-bond donors (Lipinski definition) is 1. The molecule has 0 spiro atoms. The molecule has 0 aromatic carbocycles. The van der Waals surface area contributed by atoms with E-state index in [1.807, 2.05) is 5.38 Å². The third-order valence-corrected chi connectivity index (χ3v) is 2.30. The van der Waals surface area contributed by atoms with E-state index in [0.717, 1.165) is 17.1 Å². The van der Waals surface area contributed by atoms with Gasteiger partial charge in [-0.25, -0.2) is 4.98 Å². The minimum atomic E-state index is 0.987. The number of hydrogen-bond acceptors (Lipinski definition) is 2. The van der Waals surface area contributed by atoms with Gasteiger partial charge in [-0.15, -0.1) is 11.3 Å². The summed E-state index contributed by atoms with van der Waals surface area (Å²) in [7, 11) is 0. The van der Waals surface area contributed by atoms with Crippen molar-refractivity contribution < 1.29 is 0 Å². The molecular weight excluding hydrogens is 144 g/mol. The summed E-state index contributed by atoms with van der Waals surface area (Å²) in [5.41, 5.74) is 1.17. The number of imidazole rings is 1. The standard InChI is InChI=1S/C7H8N2S/c1-2-6-8-5-3-4-10-7(5)9-6/h3-4H,2H2,1H3,(H,8,9). The Hall–Kier alpha value is -0.830. The maximum absolute atomic E-state index is 4.35. The Morgan fingerprint density at radius 1 is 1.70 bits per heavy atom. The molecule has 0 saturated carbocycles. The molecular formula is C7H8N2S. The maximum atomic E-state index is 4.35. The number of nitrogens with one attached hydrogen (secondary N) is 1. The summed E-state index contributed by atoms with van der Waals surface area (Å²) in [5, 5.41) is 2.05. The molecule has 1 N–H and O–H groups in total. The van der Waals surface area contributed by atoms with Crippen LogP contribution in [0.2, 0.25) is 0 Å². The molecule has 0 radical (unpaired) electrons. The third-order valence-electron chi connectivity index (χ3n) is 1.50. The molecule has 2 heterocycles. The Bertz CT molecular complexity index is 305. The average molecular weight is 152 g/mol. The van der Waals surface area contributed by atoms with E-state index in [9.17, 15) is 0 Å². The van der Waals surface area contributed by atoms with E-state index >= 15 is 0 Å². The minimum Gasteiger partial charge on any atom is -0.341 e. The van der Waals surface area contributed by atoms with Gasteiger partial charge in [0.15, 0.2) is 0 Å². The first-order valence-electron chi connectivity index (χ1n) is 3.32. The van der Waals surface area contributed by atoms with Crippen molar-refractivity contribution >= 4 is 21.7 Å². The lowest BCUT2D eigenvalue weighted by Gasteiger charge is -1.81. The van der Waals surface area contributed by atoms with Gasteiger partial charge in [0.25, 0.3) is 0 Å². The topological polar surface area (TPSA) is 28.7 Å². The molecule has 0 aliphatic rings. The van der Waals surface area contributed by atoms with Gasteiger partial charge in [-0.2, -0.15) is 0 Å². The van der Waals surface area contributed by atoms with Crippen LogP contribution in [0.15, 0.2) is 11.4 Å². The lowest BCUT2D eigenvalue weighted by molar-refractivity contribution is 1.00. The van der Waals surface area contributed by atoms with E-state index in [1.54, 1.807) is 11.3 Å². The number of aryl methyl sites for hydroxylation is 1. The normalized spacial score (nSPS) is 10.9. The zero-order valence-electron chi connectivity index (χ0n) is 5.72. The predicted octanol–water partition coefficient (Wildman–Crippen LogP) is 2.19. The summed E-state index contributed by atoms with van der Waals surface area (Å²) in [6.07, 6.45) is 0.987. The second kappa shape index (κ2) is 2.09. The average Bonchev–Trinajstić information content (AvgIpc) is 2.42. The van der Waals surface area contributed by atoms with Crippen LogP contribution in [-0.4, -0.2) is 9.97 Å². The van der Waals surface area contributed by atoms with Gasteiger partial charge in [0.05, 0.1) is 5.52 Å². The van der Waals surface area contributed by atoms with Crippen LogP contribution in [0.3, 0.4) is 0 Å². The Labute approximate surface area is 62.9 Å². The first-order valence-corrected chi connectivity index (χ1v) is 4.20. The summed E-state index contributed by atoms with van der Waals surface area (Å²) in [4.78, 5) is 8.70. The van der Waals surface area contributed by atoms with Gasteiger partial charge in [-0.3, -0.25) is 0 Å². The predicted molar refractivity (Wildman–Crippen MR) is 43.3 cm³/mol. The number of aromatic nitrogens is 2. The third kappa shape index (κ3) is 0.743. The number of fused-ring (bicyclic) bond motifs is 1. The van der Waals surface area contributed by atoms with Gasteiger partial charge in [0.1, 0.15) is 10.7 Å². The fraction of sp³-hybridized carbons (Fsp3) is 0.286. The number of H-pyrrole nitrogens is 1. The van der Waals surface area contributed by atoms with E-state index in [0.29, 0.717) is 0 Å². The van der Waals surface area contributed by atoms with Gasteiger partial charge < -0.3 is 4.98 Å². The second-order valence-electron chi connectivity index (χ2n) is 2.18. The van der Waals surface area contributed by atoms with Crippen molar-refractivity contribution in [1.82, 2.24) is 9.97 Å².